The number of nitrogens with two attached hydrogens (primary N) is 1. The van der Waals surface area contributed by atoms with Crippen molar-refractivity contribution >= 4 is 17.5 Å². The Balaban J connectivity index is 1.88. The van der Waals surface area contributed by atoms with Crippen LogP contribution in [0.2, 0.25) is 5.02 Å². The lowest BCUT2D eigenvalue weighted by Gasteiger charge is -2.18. The van der Waals surface area contributed by atoms with E-state index in [0.717, 1.165) is 16.9 Å². The van der Waals surface area contributed by atoms with Crippen LogP contribution in [0.1, 0.15) is 25.0 Å². The summed E-state index contributed by atoms with van der Waals surface area (Å²) in [5.41, 5.74) is 7.38. The van der Waals surface area contributed by atoms with E-state index in [0.29, 0.717) is 24.6 Å². The zero-order chi connectivity index (χ0) is 17.6. The molecule has 0 saturated heterocycles. The third kappa shape index (κ3) is 6.60. The maximum atomic E-state index is 12.0. The molecule has 0 aliphatic carbocycles. The van der Waals surface area contributed by atoms with Crippen molar-refractivity contribution in [2.24, 2.45) is 5.73 Å². The lowest BCUT2D eigenvalue weighted by atomic mass is 10.1. The van der Waals surface area contributed by atoms with E-state index in [1.165, 1.54) is 0 Å². The summed E-state index contributed by atoms with van der Waals surface area (Å²) in [5.74, 6) is 0.679. The molecule has 0 aliphatic heterocycles. The van der Waals surface area contributed by atoms with E-state index in [-0.39, 0.29) is 5.91 Å². The average Bonchev–Trinajstić information content (AvgIpc) is 2.52. The molecule has 4 nitrogen and oxygen atoms in total. The second-order valence-electron chi connectivity index (χ2n) is 6.50. The quantitative estimate of drug-likeness (QED) is 0.808. The fraction of sp³-hybridized carbons (Fsp3) is 0.316. The fourth-order valence-corrected chi connectivity index (χ4v) is 2.19. The molecule has 128 valence electrons. The van der Waals surface area contributed by atoms with Gasteiger partial charge in [-0.15, -0.1) is 0 Å². The lowest BCUT2D eigenvalue weighted by molar-refractivity contribution is -0.120. The number of halogens is 1. The molecule has 0 heterocycles. The van der Waals surface area contributed by atoms with Gasteiger partial charge in [-0.25, -0.2) is 0 Å². The molecule has 0 aliphatic rings. The summed E-state index contributed by atoms with van der Waals surface area (Å²) in [6.45, 7) is 4.64. The van der Waals surface area contributed by atoms with Crippen LogP contribution in [0.15, 0.2) is 48.5 Å². The number of hydrogen-bond acceptors (Lipinski definition) is 3. The van der Waals surface area contributed by atoms with E-state index in [1.54, 1.807) is 0 Å². The van der Waals surface area contributed by atoms with Crippen LogP contribution in [0.25, 0.3) is 0 Å². The standard InChI is InChI=1S/C19H23ClN2O2/c1-19(2,21)13-22-18(23)11-15-4-3-5-17(10-15)24-12-14-6-8-16(20)9-7-14/h3-10H,11-13,21H2,1-2H3,(H,22,23). The van der Waals surface area contributed by atoms with E-state index in [4.69, 9.17) is 22.1 Å². The minimum absolute atomic E-state index is 0.0524. The molecule has 1 amide bonds. The van der Waals surface area contributed by atoms with Crippen molar-refractivity contribution in [3.63, 3.8) is 0 Å². The highest BCUT2D eigenvalue weighted by molar-refractivity contribution is 6.30. The minimum atomic E-state index is -0.417. The van der Waals surface area contributed by atoms with Gasteiger partial charge in [0.25, 0.3) is 0 Å². The Kier molecular flexibility index (Phi) is 6.23. The van der Waals surface area contributed by atoms with E-state index < -0.39 is 5.54 Å². The van der Waals surface area contributed by atoms with Gasteiger partial charge < -0.3 is 15.8 Å². The van der Waals surface area contributed by atoms with Gasteiger partial charge >= 0.3 is 0 Å². The van der Waals surface area contributed by atoms with E-state index in [1.807, 2.05) is 62.4 Å². The first-order valence-electron chi connectivity index (χ1n) is 7.84. The molecule has 2 aromatic carbocycles. The summed E-state index contributed by atoms with van der Waals surface area (Å²) < 4.78 is 5.77. The van der Waals surface area contributed by atoms with Crippen molar-refractivity contribution in [1.29, 1.82) is 0 Å². The van der Waals surface area contributed by atoms with Crippen LogP contribution in [0.3, 0.4) is 0 Å². The molecule has 0 unspecified atom stereocenters. The van der Waals surface area contributed by atoms with Crippen molar-refractivity contribution in [2.75, 3.05) is 6.54 Å². The molecular formula is C19H23ClN2O2. The molecule has 0 spiro atoms. The highest BCUT2D eigenvalue weighted by Crippen LogP contribution is 2.17. The molecule has 0 aromatic heterocycles. The van der Waals surface area contributed by atoms with Gasteiger partial charge in [-0.05, 0) is 49.2 Å². The molecule has 3 N–H and O–H groups in total. The Hall–Kier alpha value is -2.04. The van der Waals surface area contributed by atoms with Crippen LogP contribution in [-0.4, -0.2) is 18.0 Å². The molecule has 5 heteroatoms. The van der Waals surface area contributed by atoms with Gasteiger partial charge in [0.1, 0.15) is 12.4 Å². The monoisotopic (exact) mass is 346 g/mol. The van der Waals surface area contributed by atoms with Crippen LogP contribution < -0.4 is 15.8 Å². The maximum absolute atomic E-state index is 12.0. The van der Waals surface area contributed by atoms with Gasteiger partial charge in [-0.3, -0.25) is 4.79 Å². The number of nitrogens with one attached hydrogen (secondary N) is 1. The predicted octanol–water partition coefficient (Wildman–Crippen LogP) is 3.32. The van der Waals surface area contributed by atoms with Crippen LogP contribution in [0, 0.1) is 0 Å². The molecule has 0 fully saturated rings. The second kappa shape index (κ2) is 8.18. The first-order chi connectivity index (χ1) is 11.3. The third-order valence-electron chi connectivity index (χ3n) is 3.32. The highest BCUT2D eigenvalue weighted by Gasteiger charge is 2.12. The Morgan fingerprint density at radius 3 is 2.54 bits per heavy atom. The summed E-state index contributed by atoms with van der Waals surface area (Å²) in [6, 6.07) is 15.1. The van der Waals surface area contributed by atoms with Gasteiger partial charge in [-0.1, -0.05) is 35.9 Å². The van der Waals surface area contributed by atoms with E-state index in [9.17, 15) is 4.79 Å². The maximum Gasteiger partial charge on any atom is 0.224 e. The van der Waals surface area contributed by atoms with Gasteiger partial charge in [0.05, 0.1) is 6.42 Å². The molecule has 0 atom stereocenters. The SMILES string of the molecule is CC(C)(N)CNC(=O)Cc1cccc(OCc2ccc(Cl)cc2)c1. The van der Waals surface area contributed by atoms with Crippen molar-refractivity contribution in [2.45, 2.75) is 32.4 Å². The molecule has 24 heavy (non-hydrogen) atoms. The van der Waals surface area contributed by atoms with Crippen LogP contribution in [0.5, 0.6) is 5.75 Å². The van der Waals surface area contributed by atoms with Crippen LogP contribution in [-0.2, 0) is 17.8 Å². The number of benzene rings is 2. The number of carbonyl (C=O) groups is 1. The minimum Gasteiger partial charge on any atom is -0.489 e. The van der Waals surface area contributed by atoms with Gasteiger partial charge in [0, 0.05) is 17.1 Å². The number of ether oxygens (including phenoxy) is 1. The summed E-state index contributed by atoms with van der Waals surface area (Å²) in [5, 5.41) is 3.54. The number of carbonyl (C=O) groups excluding carboxylic acids is 1. The lowest BCUT2D eigenvalue weighted by Crippen LogP contribution is -2.45. The number of hydrogen-bond donors (Lipinski definition) is 2. The molecule has 0 bridgehead atoms. The zero-order valence-corrected chi connectivity index (χ0v) is 14.8. The van der Waals surface area contributed by atoms with Crippen molar-refractivity contribution < 1.29 is 9.53 Å². The third-order valence-corrected chi connectivity index (χ3v) is 3.58. The number of amides is 1. The van der Waals surface area contributed by atoms with Gasteiger partial charge in [-0.2, -0.15) is 0 Å². The van der Waals surface area contributed by atoms with Crippen molar-refractivity contribution in [3.05, 3.63) is 64.7 Å². The Labute approximate surface area is 148 Å². The summed E-state index contributed by atoms with van der Waals surface area (Å²) in [7, 11) is 0. The molecular weight excluding hydrogens is 324 g/mol. The summed E-state index contributed by atoms with van der Waals surface area (Å²) in [6.07, 6.45) is 0.300. The van der Waals surface area contributed by atoms with Gasteiger partial charge in [0.15, 0.2) is 0 Å². The van der Waals surface area contributed by atoms with E-state index >= 15 is 0 Å². The van der Waals surface area contributed by atoms with Crippen LogP contribution in [0.4, 0.5) is 0 Å². The first-order valence-corrected chi connectivity index (χ1v) is 8.21. The van der Waals surface area contributed by atoms with Crippen molar-refractivity contribution in [1.82, 2.24) is 5.32 Å². The fourth-order valence-electron chi connectivity index (χ4n) is 2.07. The summed E-state index contributed by atoms with van der Waals surface area (Å²) in [4.78, 5) is 12.0. The zero-order valence-electron chi connectivity index (χ0n) is 14.0. The molecule has 2 rings (SSSR count). The molecule has 0 saturated carbocycles. The topological polar surface area (TPSA) is 64.3 Å². The largest absolute Gasteiger partial charge is 0.489 e. The molecule has 0 radical (unpaired) electrons. The number of rotatable bonds is 7. The van der Waals surface area contributed by atoms with Crippen LogP contribution >= 0.6 is 11.6 Å². The second-order valence-corrected chi connectivity index (χ2v) is 6.94. The molecule has 2 aromatic rings. The Morgan fingerprint density at radius 1 is 1.17 bits per heavy atom. The predicted molar refractivity (Wildman–Crippen MR) is 97.2 cm³/mol. The normalized spacial score (nSPS) is 11.2. The smallest absolute Gasteiger partial charge is 0.224 e. The van der Waals surface area contributed by atoms with Crippen molar-refractivity contribution in [3.8, 4) is 5.75 Å². The highest BCUT2D eigenvalue weighted by atomic mass is 35.5. The first kappa shape index (κ1) is 18.3. The summed E-state index contributed by atoms with van der Waals surface area (Å²) >= 11 is 5.87. The van der Waals surface area contributed by atoms with E-state index in [2.05, 4.69) is 5.32 Å². The Bertz CT molecular complexity index is 679. The Morgan fingerprint density at radius 2 is 1.88 bits per heavy atom. The average molecular weight is 347 g/mol. The van der Waals surface area contributed by atoms with Gasteiger partial charge in [0.2, 0.25) is 5.91 Å².